The number of fused-ring (bicyclic) bond motifs is 2. The highest BCUT2D eigenvalue weighted by molar-refractivity contribution is 6.07. The third kappa shape index (κ3) is 3.42. The Balaban J connectivity index is 1.55. The van der Waals surface area contributed by atoms with Crippen molar-refractivity contribution < 1.29 is 4.79 Å². The number of hydrogen-bond acceptors (Lipinski definition) is 4. The number of piperidine rings is 1. The predicted octanol–water partition coefficient (Wildman–Crippen LogP) is 3.25. The van der Waals surface area contributed by atoms with Gasteiger partial charge in [0.15, 0.2) is 0 Å². The summed E-state index contributed by atoms with van der Waals surface area (Å²) in [5.74, 6) is 0.122. The van der Waals surface area contributed by atoms with Crippen LogP contribution in [0.4, 0.5) is 0 Å². The molecule has 0 spiro atoms. The number of pyridine rings is 1. The highest BCUT2D eigenvalue weighted by Gasteiger charge is 2.32. The molecule has 4 heterocycles. The molecule has 2 aromatic heterocycles. The monoisotopic (exact) mass is 389 g/mol. The van der Waals surface area contributed by atoms with Gasteiger partial charge in [-0.2, -0.15) is 5.10 Å². The van der Waals surface area contributed by atoms with E-state index < -0.39 is 0 Å². The Morgan fingerprint density at radius 3 is 2.86 bits per heavy atom. The van der Waals surface area contributed by atoms with Gasteiger partial charge in [-0.3, -0.25) is 14.4 Å². The largest absolute Gasteiger partial charge is 0.336 e. The molecule has 2 fully saturated rings. The maximum atomic E-state index is 13.6. The van der Waals surface area contributed by atoms with Crippen molar-refractivity contribution in [3.8, 4) is 11.3 Å². The summed E-state index contributed by atoms with van der Waals surface area (Å²) < 4.78 is 1.77. The van der Waals surface area contributed by atoms with Gasteiger partial charge >= 0.3 is 0 Å². The summed E-state index contributed by atoms with van der Waals surface area (Å²) in [7, 11) is 1.89. The van der Waals surface area contributed by atoms with Crippen molar-refractivity contribution in [2.24, 2.45) is 7.05 Å². The Morgan fingerprint density at radius 1 is 1.14 bits per heavy atom. The zero-order valence-electron chi connectivity index (χ0n) is 17.1. The van der Waals surface area contributed by atoms with Gasteiger partial charge in [0, 0.05) is 49.9 Å². The van der Waals surface area contributed by atoms with Crippen LogP contribution in [-0.2, 0) is 7.05 Å². The van der Waals surface area contributed by atoms with E-state index in [0.717, 1.165) is 52.9 Å². The predicted molar refractivity (Wildman–Crippen MR) is 114 cm³/mol. The molecule has 6 nitrogen and oxygen atoms in total. The normalized spacial score (nSPS) is 20.1. The summed E-state index contributed by atoms with van der Waals surface area (Å²) >= 11 is 0. The lowest BCUT2D eigenvalue weighted by molar-refractivity contribution is 0.0374. The van der Waals surface area contributed by atoms with E-state index in [-0.39, 0.29) is 5.91 Å². The first-order chi connectivity index (χ1) is 14.1. The second-order valence-corrected chi connectivity index (χ2v) is 8.42. The second-order valence-electron chi connectivity index (χ2n) is 8.42. The van der Waals surface area contributed by atoms with E-state index in [0.29, 0.717) is 6.04 Å². The molecule has 0 aliphatic carbocycles. The van der Waals surface area contributed by atoms with Crippen LogP contribution in [0.1, 0.15) is 35.2 Å². The number of benzene rings is 1. The molecular weight excluding hydrogens is 362 g/mol. The minimum atomic E-state index is 0.122. The van der Waals surface area contributed by atoms with E-state index in [1.165, 1.54) is 25.8 Å². The molecule has 3 aromatic rings. The number of amides is 1. The van der Waals surface area contributed by atoms with Gasteiger partial charge in [0.25, 0.3) is 5.91 Å². The molecule has 0 saturated carbocycles. The first-order valence-electron chi connectivity index (χ1n) is 10.5. The average molecular weight is 390 g/mol. The van der Waals surface area contributed by atoms with E-state index in [2.05, 4.69) is 29.1 Å². The SMILES string of the molecule is Cc1ccc2c(C(=O)N3CCN4CCCC[C@H]4C3)cc(-c3cnn(C)c3)nc2c1. The van der Waals surface area contributed by atoms with Crippen LogP contribution in [0.15, 0.2) is 36.7 Å². The standard InChI is InChI=1S/C23H27N5O/c1-16-6-7-19-20(12-21(25-22(19)11-16)17-13-24-26(2)14-17)23(29)28-10-9-27-8-4-3-5-18(27)15-28/h6-7,11-14,18H,3-5,8-10,15H2,1-2H3/t18-/m0/s1. The highest BCUT2D eigenvalue weighted by atomic mass is 16.2. The molecule has 0 radical (unpaired) electrons. The number of nitrogens with zero attached hydrogens (tertiary/aromatic N) is 5. The average Bonchev–Trinajstić information content (AvgIpc) is 3.18. The van der Waals surface area contributed by atoms with Crippen LogP contribution in [0.2, 0.25) is 0 Å². The van der Waals surface area contributed by atoms with Crippen molar-refractivity contribution in [1.29, 1.82) is 0 Å². The topological polar surface area (TPSA) is 54.3 Å². The van der Waals surface area contributed by atoms with Crippen LogP contribution in [0.5, 0.6) is 0 Å². The fraction of sp³-hybridized carbons (Fsp3) is 0.435. The molecule has 1 amide bonds. The zero-order chi connectivity index (χ0) is 20.0. The maximum absolute atomic E-state index is 13.6. The summed E-state index contributed by atoms with van der Waals surface area (Å²) in [5, 5.41) is 5.21. The lowest BCUT2D eigenvalue weighted by atomic mass is 9.98. The fourth-order valence-corrected chi connectivity index (χ4v) is 4.73. The number of aryl methyl sites for hydroxylation is 2. The molecule has 2 aliphatic rings. The molecule has 0 bridgehead atoms. The minimum absolute atomic E-state index is 0.122. The molecule has 1 atom stereocenters. The van der Waals surface area contributed by atoms with Crippen LogP contribution in [0.3, 0.4) is 0 Å². The molecule has 150 valence electrons. The third-order valence-corrected chi connectivity index (χ3v) is 6.32. The number of hydrogen-bond donors (Lipinski definition) is 0. The van der Waals surface area contributed by atoms with Crippen LogP contribution in [0.25, 0.3) is 22.2 Å². The fourth-order valence-electron chi connectivity index (χ4n) is 4.73. The molecule has 0 unspecified atom stereocenters. The summed E-state index contributed by atoms with van der Waals surface area (Å²) in [6.07, 6.45) is 7.50. The van der Waals surface area contributed by atoms with Crippen LogP contribution in [0, 0.1) is 6.92 Å². The number of piperazine rings is 1. The molecule has 29 heavy (non-hydrogen) atoms. The van der Waals surface area contributed by atoms with E-state index in [1.54, 1.807) is 10.9 Å². The van der Waals surface area contributed by atoms with Gasteiger partial charge in [0.1, 0.15) is 0 Å². The first-order valence-corrected chi connectivity index (χ1v) is 10.5. The van der Waals surface area contributed by atoms with Gasteiger partial charge in [-0.15, -0.1) is 0 Å². The molecule has 2 aliphatic heterocycles. The van der Waals surface area contributed by atoms with Crippen LogP contribution in [-0.4, -0.2) is 62.7 Å². The molecule has 5 rings (SSSR count). The number of carbonyl (C=O) groups is 1. The van der Waals surface area contributed by atoms with Gasteiger partial charge < -0.3 is 4.90 Å². The Bertz CT molecular complexity index is 1070. The van der Waals surface area contributed by atoms with E-state index in [4.69, 9.17) is 4.98 Å². The Kier molecular flexibility index (Phi) is 4.59. The van der Waals surface area contributed by atoms with Crippen molar-refractivity contribution >= 4 is 16.8 Å². The molecule has 6 heteroatoms. The van der Waals surface area contributed by atoms with Gasteiger partial charge in [0.2, 0.25) is 0 Å². The highest BCUT2D eigenvalue weighted by Crippen LogP contribution is 2.28. The van der Waals surface area contributed by atoms with Crippen molar-refractivity contribution in [2.75, 3.05) is 26.2 Å². The molecule has 0 N–H and O–H groups in total. The molecular formula is C23H27N5O. The van der Waals surface area contributed by atoms with Gasteiger partial charge in [-0.25, -0.2) is 4.98 Å². The first kappa shape index (κ1) is 18.3. The second kappa shape index (κ2) is 7.26. The van der Waals surface area contributed by atoms with E-state index >= 15 is 0 Å². The smallest absolute Gasteiger partial charge is 0.254 e. The number of carbonyl (C=O) groups excluding carboxylic acids is 1. The summed E-state index contributed by atoms with van der Waals surface area (Å²) in [5.41, 5.74) is 4.49. The summed E-state index contributed by atoms with van der Waals surface area (Å²) in [6, 6.07) is 8.61. The van der Waals surface area contributed by atoms with Crippen molar-refractivity contribution in [3.05, 3.63) is 47.8 Å². The Morgan fingerprint density at radius 2 is 2.03 bits per heavy atom. The molecule has 1 aromatic carbocycles. The lowest BCUT2D eigenvalue weighted by Gasteiger charge is -2.44. The summed E-state index contributed by atoms with van der Waals surface area (Å²) in [6.45, 7) is 5.84. The minimum Gasteiger partial charge on any atom is -0.336 e. The van der Waals surface area contributed by atoms with Crippen LogP contribution >= 0.6 is 0 Å². The number of aromatic nitrogens is 3. The van der Waals surface area contributed by atoms with Gasteiger partial charge in [-0.05, 0) is 44.0 Å². The van der Waals surface area contributed by atoms with E-state index in [1.807, 2.05) is 30.3 Å². The quantitative estimate of drug-likeness (QED) is 0.675. The lowest BCUT2D eigenvalue weighted by Crippen LogP contribution is -2.56. The summed E-state index contributed by atoms with van der Waals surface area (Å²) in [4.78, 5) is 23.1. The van der Waals surface area contributed by atoms with Gasteiger partial charge in [-0.1, -0.05) is 18.6 Å². The number of rotatable bonds is 2. The van der Waals surface area contributed by atoms with Gasteiger partial charge in [0.05, 0.1) is 23.0 Å². The van der Waals surface area contributed by atoms with Crippen molar-refractivity contribution in [3.63, 3.8) is 0 Å². The van der Waals surface area contributed by atoms with Crippen molar-refractivity contribution in [2.45, 2.75) is 32.2 Å². The third-order valence-electron chi connectivity index (χ3n) is 6.32. The molecule has 2 saturated heterocycles. The van der Waals surface area contributed by atoms with E-state index in [9.17, 15) is 4.79 Å². The van der Waals surface area contributed by atoms with Crippen LogP contribution < -0.4 is 0 Å². The van der Waals surface area contributed by atoms with Crippen molar-refractivity contribution in [1.82, 2.24) is 24.6 Å². The maximum Gasteiger partial charge on any atom is 0.254 e. The zero-order valence-corrected chi connectivity index (χ0v) is 17.1. The Hall–Kier alpha value is -2.73. The Labute approximate surface area is 171 Å².